The van der Waals surface area contributed by atoms with Crippen molar-refractivity contribution >= 4 is 33.6 Å². The smallest absolute Gasteiger partial charge is 0.267 e. The van der Waals surface area contributed by atoms with Gasteiger partial charge in [-0.3, -0.25) is 4.79 Å². The van der Waals surface area contributed by atoms with Crippen molar-refractivity contribution in [3.63, 3.8) is 0 Å². The standard InChI is InChI=1S/C15H25BrN2OS/c1-5-8-18-10-12(16)9-13(18)14(19)17-11-15(6-2,7-3)20-4/h9-10H,5-8,11H2,1-4H3,(H,17,19). The lowest BCUT2D eigenvalue weighted by Crippen LogP contribution is -2.40. The van der Waals surface area contributed by atoms with Gasteiger partial charge >= 0.3 is 0 Å². The molecular formula is C15H25BrN2OS. The van der Waals surface area contributed by atoms with Gasteiger partial charge in [0.25, 0.3) is 5.91 Å². The summed E-state index contributed by atoms with van der Waals surface area (Å²) in [5.74, 6) is 0.0180. The molecule has 1 heterocycles. The largest absolute Gasteiger partial charge is 0.349 e. The molecule has 20 heavy (non-hydrogen) atoms. The van der Waals surface area contributed by atoms with Crippen molar-refractivity contribution in [1.82, 2.24) is 9.88 Å². The molecule has 1 N–H and O–H groups in total. The van der Waals surface area contributed by atoms with Crippen LogP contribution in [0.3, 0.4) is 0 Å². The van der Waals surface area contributed by atoms with Gasteiger partial charge in [-0.25, -0.2) is 0 Å². The normalized spacial score (nSPS) is 11.7. The Morgan fingerprint density at radius 2 is 2.05 bits per heavy atom. The van der Waals surface area contributed by atoms with E-state index in [1.54, 1.807) is 0 Å². The number of thioether (sulfide) groups is 1. The summed E-state index contributed by atoms with van der Waals surface area (Å²) in [6.07, 6.45) is 7.23. The maximum Gasteiger partial charge on any atom is 0.267 e. The first-order valence-corrected chi connectivity index (χ1v) is 9.22. The van der Waals surface area contributed by atoms with E-state index >= 15 is 0 Å². The van der Waals surface area contributed by atoms with Crippen molar-refractivity contribution in [3.05, 3.63) is 22.4 Å². The second-order valence-corrected chi connectivity index (χ2v) is 7.20. The Morgan fingerprint density at radius 1 is 1.40 bits per heavy atom. The number of halogens is 1. The maximum atomic E-state index is 12.4. The van der Waals surface area contributed by atoms with Crippen molar-refractivity contribution in [2.45, 2.75) is 51.3 Å². The van der Waals surface area contributed by atoms with E-state index in [-0.39, 0.29) is 10.7 Å². The molecule has 0 aliphatic heterocycles. The second kappa shape index (κ2) is 8.13. The van der Waals surface area contributed by atoms with Crippen LogP contribution in [0.5, 0.6) is 0 Å². The van der Waals surface area contributed by atoms with E-state index in [9.17, 15) is 4.79 Å². The number of carbonyl (C=O) groups is 1. The number of nitrogens with zero attached hydrogens (tertiary/aromatic N) is 1. The molecule has 0 saturated heterocycles. The Morgan fingerprint density at radius 3 is 2.55 bits per heavy atom. The van der Waals surface area contributed by atoms with E-state index in [4.69, 9.17) is 0 Å². The predicted octanol–water partition coefficient (Wildman–Crippen LogP) is 4.31. The van der Waals surface area contributed by atoms with Crippen LogP contribution < -0.4 is 5.32 Å². The summed E-state index contributed by atoms with van der Waals surface area (Å²) >= 11 is 5.29. The van der Waals surface area contributed by atoms with Gasteiger partial charge in [0, 0.05) is 28.5 Å². The van der Waals surface area contributed by atoms with Gasteiger partial charge < -0.3 is 9.88 Å². The zero-order chi connectivity index (χ0) is 15.2. The Hall–Kier alpha value is -0.420. The van der Waals surface area contributed by atoms with Crippen molar-refractivity contribution in [1.29, 1.82) is 0 Å². The summed E-state index contributed by atoms with van der Waals surface area (Å²) in [6.45, 7) is 8.06. The molecule has 1 amide bonds. The molecule has 0 radical (unpaired) electrons. The van der Waals surface area contributed by atoms with Gasteiger partial charge in [-0.2, -0.15) is 11.8 Å². The summed E-state index contributed by atoms with van der Waals surface area (Å²) in [5.41, 5.74) is 0.737. The van der Waals surface area contributed by atoms with Gasteiger partial charge in [-0.15, -0.1) is 0 Å². The highest BCUT2D eigenvalue weighted by Gasteiger charge is 2.26. The summed E-state index contributed by atoms with van der Waals surface area (Å²) in [6, 6.07) is 1.89. The molecule has 5 heteroatoms. The molecule has 0 unspecified atom stereocenters. The molecule has 1 rings (SSSR count). The van der Waals surface area contributed by atoms with Crippen molar-refractivity contribution < 1.29 is 4.79 Å². The van der Waals surface area contributed by atoms with E-state index in [1.807, 2.05) is 28.6 Å². The van der Waals surface area contributed by atoms with Crippen LogP contribution >= 0.6 is 27.7 Å². The lowest BCUT2D eigenvalue weighted by atomic mass is 10.0. The number of aromatic nitrogens is 1. The minimum Gasteiger partial charge on any atom is -0.349 e. The van der Waals surface area contributed by atoms with Gasteiger partial charge in [0.05, 0.1) is 0 Å². The number of carbonyl (C=O) groups excluding carboxylic acids is 1. The van der Waals surface area contributed by atoms with Gasteiger partial charge in [-0.1, -0.05) is 20.8 Å². The van der Waals surface area contributed by atoms with E-state index in [2.05, 4.69) is 48.3 Å². The Balaban J connectivity index is 2.76. The lowest BCUT2D eigenvalue weighted by molar-refractivity contribution is 0.0939. The zero-order valence-electron chi connectivity index (χ0n) is 12.8. The predicted molar refractivity (Wildman–Crippen MR) is 91.6 cm³/mol. The molecule has 0 aliphatic rings. The number of amides is 1. The van der Waals surface area contributed by atoms with Crippen LogP contribution in [0.2, 0.25) is 0 Å². The topological polar surface area (TPSA) is 34.0 Å². The van der Waals surface area contributed by atoms with Gasteiger partial charge in [0.2, 0.25) is 0 Å². The molecule has 0 spiro atoms. The highest BCUT2D eigenvalue weighted by Crippen LogP contribution is 2.29. The van der Waals surface area contributed by atoms with Gasteiger partial charge in [0.1, 0.15) is 5.69 Å². The number of nitrogens with one attached hydrogen (secondary N) is 1. The minimum absolute atomic E-state index is 0.0180. The van der Waals surface area contributed by atoms with Crippen LogP contribution in [0.15, 0.2) is 16.7 Å². The van der Waals surface area contributed by atoms with Crippen LogP contribution in [-0.2, 0) is 6.54 Å². The van der Waals surface area contributed by atoms with Crippen LogP contribution in [0.1, 0.15) is 50.5 Å². The number of hydrogen-bond acceptors (Lipinski definition) is 2. The van der Waals surface area contributed by atoms with Crippen LogP contribution in [0.4, 0.5) is 0 Å². The average Bonchev–Trinajstić information content (AvgIpc) is 2.82. The van der Waals surface area contributed by atoms with Crippen LogP contribution in [-0.4, -0.2) is 28.0 Å². The van der Waals surface area contributed by atoms with Crippen LogP contribution in [0.25, 0.3) is 0 Å². The molecule has 0 atom stereocenters. The molecule has 1 aromatic rings. The fraction of sp³-hybridized carbons (Fsp3) is 0.667. The van der Waals surface area contributed by atoms with Crippen molar-refractivity contribution in [2.75, 3.05) is 12.8 Å². The third kappa shape index (κ3) is 4.29. The molecule has 114 valence electrons. The number of rotatable bonds is 8. The molecule has 0 aliphatic carbocycles. The summed E-state index contributed by atoms with van der Waals surface area (Å²) < 4.78 is 3.12. The lowest BCUT2D eigenvalue weighted by Gasteiger charge is -2.29. The first kappa shape index (κ1) is 17.6. The molecular weight excluding hydrogens is 336 g/mol. The van der Waals surface area contributed by atoms with Gasteiger partial charge in [-0.05, 0) is 47.5 Å². The molecule has 0 saturated carbocycles. The van der Waals surface area contributed by atoms with Crippen LogP contribution in [0, 0.1) is 0 Å². The Bertz CT molecular complexity index is 433. The summed E-state index contributed by atoms with van der Waals surface area (Å²) in [7, 11) is 0. The number of hydrogen-bond donors (Lipinski definition) is 1. The summed E-state index contributed by atoms with van der Waals surface area (Å²) in [4.78, 5) is 12.4. The number of aryl methyl sites for hydroxylation is 1. The summed E-state index contributed by atoms with van der Waals surface area (Å²) in [5, 5.41) is 3.10. The highest BCUT2D eigenvalue weighted by atomic mass is 79.9. The molecule has 3 nitrogen and oxygen atoms in total. The average molecular weight is 361 g/mol. The zero-order valence-corrected chi connectivity index (χ0v) is 15.2. The first-order valence-electron chi connectivity index (χ1n) is 7.21. The van der Waals surface area contributed by atoms with E-state index in [0.29, 0.717) is 0 Å². The molecule has 0 aromatic carbocycles. The quantitative estimate of drug-likeness (QED) is 0.749. The maximum absolute atomic E-state index is 12.4. The fourth-order valence-corrected chi connectivity index (χ4v) is 3.54. The van der Waals surface area contributed by atoms with E-state index in [1.165, 1.54) is 0 Å². The monoisotopic (exact) mass is 360 g/mol. The highest BCUT2D eigenvalue weighted by molar-refractivity contribution is 9.10. The van der Waals surface area contributed by atoms with Crippen molar-refractivity contribution in [2.24, 2.45) is 0 Å². The molecule has 1 aromatic heterocycles. The third-order valence-electron chi connectivity index (χ3n) is 3.85. The first-order chi connectivity index (χ1) is 9.51. The van der Waals surface area contributed by atoms with E-state index in [0.717, 1.165) is 42.5 Å². The van der Waals surface area contributed by atoms with Gasteiger partial charge in [0.15, 0.2) is 0 Å². The minimum atomic E-state index is 0.0180. The Labute approximate surface area is 135 Å². The Kier molecular flexibility index (Phi) is 7.17. The SMILES string of the molecule is CCCn1cc(Br)cc1C(=O)NCC(CC)(CC)SC. The molecule has 0 bridgehead atoms. The fourth-order valence-electron chi connectivity index (χ4n) is 2.28. The third-order valence-corrected chi connectivity index (χ3v) is 5.87. The molecule has 0 fully saturated rings. The second-order valence-electron chi connectivity index (χ2n) is 5.01. The van der Waals surface area contributed by atoms with E-state index < -0.39 is 0 Å². The van der Waals surface area contributed by atoms with Crippen molar-refractivity contribution in [3.8, 4) is 0 Å².